The lowest BCUT2D eigenvalue weighted by molar-refractivity contribution is 0.266. The summed E-state index contributed by atoms with van der Waals surface area (Å²) in [6.07, 6.45) is 4.40. The zero-order chi connectivity index (χ0) is 20.6. The summed E-state index contributed by atoms with van der Waals surface area (Å²) in [5, 5.41) is 13.5. The molecule has 1 heterocycles. The van der Waals surface area contributed by atoms with Crippen molar-refractivity contribution >= 4 is 18.0 Å². The van der Waals surface area contributed by atoms with Gasteiger partial charge in [-0.15, -0.1) is 10.2 Å². The van der Waals surface area contributed by atoms with E-state index in [9.17, 15) is 4.39 Å². The molecule has 0 fully saturated rings. The third kappa shape index (κ3) is 5.14. The van der Waals surface area contributed by atoms with Crippen LogP contribution >= 0.6 is 11.8 Å². The number of halogens is 1. The molecule has 0 atom stereocenters. The van der Waals surface area contributed by atoms with Gasteiger partial charge in [0.1, 0.15) is 12.4 Å². The molecule has 8 heteroatoms. The van der Waals surface area contributed by atoms with E-state index in [2.05, 4.69) is 15.3 Å². The van der Waals surface area contributed by atoms with Gasteiger partial charge >= 0.3 is 0 Å². The number of hydrogen-bond acceptors (Lipinski definition) is 6. The lowest BCUT2D eigenvalue weighted by atomic mass is 10.2. The van der Waals surface area contributed by atoms with Crippen LogP contribution in [-0.4, -0.2) is 34.0 Å². The van der Waals surface area contributed by atoms with Gasteiger partial charge in [0.2, 0.25) is 5.16 Å². The van der Waals surface area contributed by atoms with E-state index in [1.165, 1.54) is 17.8 Å². The minimum absolute atomic E-state index is 0.123. The third-order valence-corrected chi connectivity index (χ3v) is 4.73. The lowest BCUT2D eigenvalue weighted by Crippen LogP contribution is -2.02. The van der Waals surface area contributed by atoms with Gasteiger partial charge in [0.25, 0.3) is 0 Å². The highest BCUT2D eigenvalue weighted by atomic mass is 32.2. The van der Waals surface area contributed by atoms with Gasteiger partial charge in [-0.05, 0) is 43.0 Å². The number of aromatic nitrogens is 3. The van der Waals surface area contributed by atoms with Gasteiger partial charge in [-0.3, -0.25) is 0 Å². The number of aryl methyl sites for hydroxylation is 1. The molecule has 0 aliphatic carbocycles. The molecule has 6 nitrogen and oxygen atoms in total. The van der Waals surface area contributed by atoms with Crippen LogP contribution in [-0.2, 0) is 13.0 Å². The van der Waals surface area contributed by atoms with Gasteiger partial charge < -0.3 is 9.47 Å². The van der Waals surface area contributed by atoms with Crippen molar-refractivity contribution in [3.8, 4) is 11.5 Å². The maximum absolute atomic E-state index is 13.8. The van der Waals surface area contributed by atoms with E-state index < -0.39 is 0 Å². The van der Waals surface area contributed by atoms with Crippen molar-refractivity contribution in [2.75, 3.05) is 12.9 Å². The minimum atomic E-state index is -0.292. The molecule has 0 N–H and O–H groups in total. The van der Waals surface area contributed by atoms with E-state index in [4.69, 9.17) is 9.47 Å². The van der Waals surface area contributed by atoms with Crippen LogP contribution in [0.5, 0.6) is 11.5 Å². The Hall–Kier alpha value is -2.87. The maximum atomic E-state index is 13.8. The van der Waals surface area contributed by atoms with E-state index in [0.717, 1.165) is 23.0 Å². The van der Waals surface area contributed by atoms with Gasteiger partial charge in [-0.2, -0.15) is 9.78 Å². The quantitative estimate of drug-likeness (QED) is 0.379. The Labute approximate surface area is 173 Å². The normalized spacial score (nSPS) is 11.2. The molecule has 1 aromatic heterocycles. The first kappa shape index (κ1) is 20.9. The molecule has 0 unspecified atom stereocenters. The lowest BCUT2D eigenvalue weighted by Gasteiger charge is -2.13. The summed E-state index contributed by atoms with van der Waals surface area (Å²) < 4.78 is 27.1. The SMILES string of the molecule is CCOc1cc(/C=N\n2c(CC)nnc2SC)ccc1OCc1ccccc1F. The second-order valence-electron chi connectivity index (χ2n) is 6.03. The fraction of sp³-hybridized carbons (Fsp3) is 0.286. The van der Waals surface area contributed by atoms with Gasteiger partial charge in [-0.25, -0.2) is 4.39 Å². The summed E-state index contributed by atoms with van der Waals surface area (Å²) in [6, 6.07) is 12.1. The Morgan fingerprint density at radius 3 is 2.66 bits per heavy atom. The summed E-state index contributed by atoms with van der Waals surface area (Å²) >= 11 is 1.49. The maximum Gasteiger partial charge on any atom is 0.211 e. The second kappa shape index (κ2) is 10.1. The Morgan fingerprint density at radius 1 is 1.10 bits per heavy atom. The van der Waals surface area contributed by atoms with Gasteiger partial charge in [-0.1, -0.05) is 36.9 Å². The Morgan fingerprint density at radius 2 is 1.93 bits per heavy atom. The topological polar surface area (TPSA) is 61.5 Å². The summed E-state index contributed by atoms with van der Waals surface area (Å²) in [5.41, 5.74) is 1.33. The first-order valence-corrected chi connectivity index (χ1v) is 10.5. The number of nitrogens with zero attached hydrogens (tertiary/aromatic N) is 4. The number of ether oxygens (including phenoxy) is 2. The summed E-state index contributed by atoms with van der Waals surface area (Å²) in [4.78, 5) is 0. The van der Waals surface area contributed by atoms with Crippen LogP contribution in [0, 0.1) is 5.82 Å². The van der Waals surface area contributed by atoms with Crippen molar-refractivity contribution in [1.29, 1.82) is 0 Å². The smallest absolute Gasteiger partial charge is 0.211 e. The molecular formula is C21H23FN4O2S. The van der Waals surface area contributed by atoms with E-state index in [1.807, 2.05) is 32.2 Å². The average molecular weight is 415 g/mol. The van der Waals surface area contributed by atoms with E-state index in [-0.39, 0.29) is 12.4 Å². The van der Waals surface area contributed by atoms with Crippen molar-refractivity contribution in [3.05, 3.63) is 65.2 Å². The molecule has 2 aromatic carbocycles. The van der Waals surface area contributed by atoms with Crippen LogP contribution in [0.4, 0.5) is 4.39 Å². The molecule has 0 amide bonds. The Kier molecular flexibility index (Phi) is 7.24. The molecule has 0 saturated carbocycles. The van der Waals surface area contributed by atoms with Crippen molar-refractivity contribution < 1.29 is 13.9 Å². The Bertz CT molecular complexity index is 969. The van der Waals surface area contributed by atoms with Crippen LogP contribution in [0.2, 0.25) is 0 Å². The van der Waals surface area contributed by atoms with Crippen LogP contribution < -0.4 is 9.47 Å². The molecule has 152 valence electrons. The highest BCUT2D eigenvalue weighted by Gasteiger charge is 2.10. The Balaban J connectivity index is 1.80. The predicted molar refractivity (Wildman–Crippen MR) is 113 cm³/mol. The zero-order valence-electron chi connectivity index (χ0n) is 16.6. The monoisotopic (exact) mass is 414 g/mol. The highest BCUT2D eigenvalue weighted by molar-refractivity contribution is 7.98. The minimum Gasteiger partial charge on any atom is -0.490 e. The second-order valence-corrected chi connectivity index (χ2v) is 6.81. The largest absolute Gasteiger partial charge is 0.490 e. The summed E-state index contributed by atoms with van der Waals surface area (Å²) in [7, 11) is 0. The molecule has 3 aromatic rings. The molecule has 0 spiro atoms. The van der Waals surface area contributed by atoms with Crippen LogP contribution in [0.1, 0.15) is 30.8 Å². The number of thioether (sulfide) groups is 1. The molecule has 0 aliphatic rings. The van der Waals surface area contributed by atoms with Gasteiger partial charge in [0.15, 0.2) is 17.3 Å². The number of rotatable bonds is 9. The molecule has 0 aliphatic heterocycles. The van der Waals surface area contributed by atoms with Crippen LogP contribution in [0.15, 0.2) is 52.7 Å². The first-order valence-electron chi connectivity index (χ1n) is 9.31. The molecule has 0 bridgehead atoms. The molecular weight excluding hydrogens is 391 g/mol. The van der Waals surface area contributed by atoms with Gasteiger partial charge in [0, 0.05) is 12.0 Å². The molecule has 3 rings (SSSR count). The molecule has 0 radical (unpaired) electrons. The number of hydrogen-bond donors (Lipinski definition) is 0. The molecule has 0 saturated heterocycles. The predicted octanol–water partition coefficient (Wildman–Crippen LogP) is 4.56. The average Bonchev–Trinajstić information content (AvgIpc) is 3.14. The van der Waals surface area contributed by atoms with Crippen molar-refractivity contribution in [2.45, 2.75) is 32.0 Å². The standard InChI is InChI=1S/C21H23FN4O2S/c1-4-20-24-25-21(29-3)26(20)23-13-15-10-11-18(19(12-15)27-5-2)28-14-16-8-6-7-9-17(16)22/h6-13H,4-5,14H2,1-3H3/b23-13-. The third-order valence-electron chi connectivity index (χ3n) is 4.11. The van der Waals surface area contributed by atoms with E-state index >= 15 is 0 Å². The first-order chi connectivity index (χ1) is 14.2. The highest BCUT2D eigenvalue weighted by Crippen LogP contribution is 2.29. The van der Waals surface area contributed by atoms with Crippen molar-refractivity contribution in [3.63, 3.8) is 0 Å². The van der Waals surface area contributed by atoms with E-state index in [0.29, 0.717) is 23.7 Å². The van der Waals surface area contributed by atoms with Crippen molar-refractivity contribution in [2.24, 2.45) is 5.10 Å². The number of benzene rings is 2. The van der Waals surface area contributed by atoms with E-state index in [1.54, 1.807) is 35.2 Å². The zero-order valence-corrected chi connectivity index (χ0v) is 17.4. The van der Waals surface area contributed by atoms with Gasteiger partial charge in [0.05, 0.1) is 12.8 Å². The van der Waals surface area contributed by atoms with Crippen LogP contribution in [0.25, 0.3) is 0 Å². The summed E-state index contributed by atoms with van der Waals surface area (Å²) in [6.45, 7) is 4.52. The van der Waals surface area contributed by atoms with Crippen molar-refractivity contribution in [1.82, 2.24) is 14.9 Å². The molecule has 29 heavy (non-hydrogen) atoms. The van der Waals surface area contributed by atoms with Crippen LogP contribution in [0.3, 0.4) is 0 Å². The fourth-order valence-corrected chi connectivity index (χ4v) is 3.10. The summed E-state index contributed by atoms with van der Waals surface area (Å²) in [5.74, 6) is 1.63. The fourth-order valence-electron chi connectivity index (χ4n) is 2.65.